The summed E-state index contributed by atoms with van der Waals surface area (Å²) in [5, 5.41) is 0. The molecule has 1 saturated heterocycles. The predicted octanol–water partition coefficient (Wildman–Crippen LogP) is 3.56. The first-order valence-electron chi connectivity index (χ1n) is 7.78. The minimum atomic E-state index is -3.69. The quantitative estimate of drug-likeness (QED) is 0.837. The van der Waals surface area contributed by atoms with Crippen molar-refractivity contribution in [2.24, 2.45) is 5.41 Å². The number of piperidine rings is 1. The molecule has 0 radical (unpaired) electrons. The number of halogens is 1. The summed E-state index contributed by atoms with van der Waals surface area (Å²) in [7, 11) is -3.69. The first-order chi connectivity index (χ1) is 10.0. The van der Waals surface area contributed by atoms with Crippen LogP contribution in [0.15, 0.2) is 29.2 Å². The van der Waals surface area contributed by atoms with Crippen molar-refractivity contribution in [1.82, 2.24) is 4.31 Å². The molecule has 1 aromatic carbocycles. The molecule has 1 spiro atoms. The molecule has 116 valence electrons. The summed E-state index contributed by atoms with van der Waals surface area (Å²) < 4.78 is 40.4. The minimum absolute atomic E-state index is 0.190. The molecule has 2 aliphatic rings. The Balaban J connectivity index is 1.76. The topological polar surface area (TPSA) is 37.4 Å². The largest absolute Gasteiger partial charge is 0.245 e. The molecule has 0 amide bonds. The summed E-state index contributed by atoms with van der Waals surface area (Å²) in [5.74, 6) is -0.657. The number of hydrogen-bond donors (Lipinski definition) is 0. The Labute approximate surface area is 126 Å². The summed E-state index contributed by atoms with van der Waals surface area (Å²) >= 11 is 0. The normalized spacial score (nSPS) is 23.3. The molecule has 2 fully saturated rings. The van der Waals surface area contributed by atoms with Gasteiger partial charge in [0.1, 0.15) is 10.7 Å². The predicted molar refractivity (Wildman–Crippen MR) is 79.9 cm³/mol. The van der Waals surface area contributed by atoms with Gasteiger partial charge in [0, 0.05) is 13.1 Å². The van der Waals surface area contributed by atoms with Crippen LogP contribution < -0.4 is 0 Å². The third-order valence-corrected chi connectivity index (χ3v) is 7.08. The summed E-state index contributed by atoms with van der Waals surface area (Å²) in [6, 6.07) is 5.65. The van der Waals surface area contributed by atoms with Gasteiger partial charge in [-0.1, -0.05) is 31.4 Å². The molecule has 0 bridgehead atoms. The molecule has 3 rings (SSSR count). The molecular weight excluding hydrogens is 289 g/mol. The molecule has 5 heteroatoms. The lowest BCUT2D eigenvalue weighted by atomic mass is 9.68. The molecule has 0 unspecified atom stereocenters. The molecule has 3 nitrogen and oxygen atoms in total. The lowest BCUT2D eigenvalue weighted by molar-refractivity contribution is 0.102. The lowest BCUT2D eigenvalue weighted by Crippen LogP contribution is -2.44. The van der Waals surface area contributed by atoms with Gasteiger partial charge in [0.05, 0.1) is 0 Å². The Kier molecular flexibility index (Phi) is 4.06. The average molecular weight is 311 g/mol. The zero-order chi connectivity index (χ0) is 14.9. The zero-order valence-corrected chi connectivity index (χ0v) is 13.0. The molecule has 1 saturated carbocycles. The monoisotopic (exact) mass is 311 g/mol. The van der Waals surface area contributed by atoms with E-state index in [9.17, 15) is 12.8 Å². The van der Waals surface area contributed by atoms with Gasteiger partial charge in [-0.3, -0.25) is 0 Å². The van der Waals surface area contributed by atoms with Gasteiger partial charge in [-0.15, -0.1) is 0 Å². The van der Waals surface area contributed by atoms with Gasteiger partial charge < -0.3 is 0 Å². The molecule has 1 aromatic rings. The van der Waals surface area contributed by atoms with E-state index in [0.29, 0.717) is 18.5 Å². The summed E-state index contributed by atoms with van der Waals surface area (Å²) in [5.41, 5.74) is 0.347. The molecule has 1 heterocycles. The van der Waals surface area contributed by atoms with E-state index >= 15 is 0 Å². The van der Waals surface area contributed by atoms with Gasteiger partial charge in [-0.2, -0.15) is 4.31 Å². The van der Waals surface area contributed by atoms with E-state index in [-0.39, 0.29) is 4.90 Å². The molecule has 1 aliphatic heterocycles. The summed E-state index contributed by atoms with van der Waals surface area (Å²) in [6.07, 6.45) is 8.11. The lowest BCUT2D eigenvalue weighted by Gasteiger charge is -2.43. The number of benzene rings is 1. The maximum Gasteiger partial charge on any atom is 0.245 e. The van der Waals surface area contributed by atoms with Crippen molar-refractivity contribution in [3.8, 4) is 0 Å². The fraction of sp³-hybridized carbons (Fsp3) is 0.625. The van der Waals surface area contributed by atoms with Crippen molar-refractivity contribution in [3.05, 3.63) is 30.1 Å². The Bertz CT molecular complexity index is 598. The van der Waals surface area contributed by atoms with Crippen LogP contribution in [0.1, 0.15) is 44.9 Å². The van der Waals surface area contributed by atoms with Crippen LogP contribution in [0.3, 0.4) is 0 Å². The van der Waals surface area contributed by atoms with Crippen molar-refractivity contribution < 1.29 is 12.8 Å². The van der Waals surface area contributed by atoms with Crippen LogP contribution >= 0.6 is 0 Å². The molecule has 0 aromatic heterocycles. The van der Waals surface area contributed by atoms with E-state index < -0.39 is 15.8 Å². The number of rotatable bonds is 2. The average Bonchev–Trinajstić information content (AvgIpc) is 2.49. The van der Waals surface area contributed by atoms with Gasteiger partial charge in [-0.25, -0.2) is 12.8 Å². The smallest absolute Gasteiger partial charge is 0.207 e. The Morgan fingerprint density at radius 1 is 0.952 bits per heavy atom. The highest BCUT2D eigenvalue weighted by Gasteiger charge is 2.39. The maximum absolute atomic E-state index is 13.8. The third-order valence-electron chi connectivity index (χ3n) is 5.15. The summed E-state index contributed by atoms with van der Waals surface area (Å²) in [6.45, 7) is 1.05. The number of sulfonamides is 1. The second-order valence-electron chi connectivity index (χ2n) is 6.40. The number of hydrogen-bond acceptors (Lipinski definition) is 2. The van der Waals surface area contributed by atoms with Crippen LogP contribution in [0.25, 0.3) is 0 Å². The van der Waals surface area contributed by atoms with E-state index in [1.807, 2.05) is 0 Å². The SMILES string of the molecule is O=S(=O)(c1ccccc1F)N1CCC2(CCCCC2)CC1. The fourth-order valence-electron chi connectivity index (χ4n) is 3.80. The van der Waals surface area contributed by atoms with Crippen LogP contribution in [0.2, 0.25) is 0 Å². The molecular formula is C16H22FNO2S. The maximum atomic E-state index is 13.8. The molecule has 0 atom stereocenters. The number of nitrogens with zero attached hydrogens (tertiary/aromatic N) is 1. The van der Waals surface area contributed by atoms with Gasteiger partial charge in [0.2, 0.25) is 10.0 Å². The van der Waals surface area contributed by atoms with E-state index in [0.717, 1.165) is 12.8 Å². The van der Waals surface area contributed by atoms with Crippen LogP contribution in [-0.2, 0) is 10.0 Å². The standard InChI is InChI=1S/C16H22FNO2S/c17-14-6-2-3-7-15(14)21(19,20)18-12-10-16(11-13-18)8-4-1-5-9-16/h2-3,6-7H,1,4-5,8-13H2. The van der Waals surface area contributed by atoms with Crippen molar-refractivity contribution in [3.63, 3.8) is 0 Å². The van der Waals surface area contributed by atoms with Crippen molar-refractivity contribution >= 4 is 10.0 Å². The van der Waals surface area contributed by atoms with Crippen LogP contribution in [0, 0.1) is 11.2 Å². The second kappa shape index (κ2) is 5.69. The zero-order valence-electron chi connectivity index (χ0n) is 12.2. The first kappa shape index (κ1) is 15.0. The Morgan fingerprint density at radius 2 is 1.57 bits per heavy atom. The van der Waals surface area contributed by atoms with E-state index in [1.54, 1.807) is 6.07 Å². The van der Waals surface area contributed by atoms with Crippen LogP contribution in [0.4, 0.5) is 4.39 Å². The Morgan fingerprint density at radius 3 is 2.19 bits per heavy atom. The Hall–Kier alpha value is -0.940. The fourth-order valence-corrected chi connectivity index (χ4v) is 5.30. The highest BCUT2D eigenvalue weighted by Crippen LogP contribution is 2.45. The van der Waals surface area contributed by atoms with Crippen LogP contribution in [0.5, 0.6) is 0 Å². The van der Waals surface area contributed by atoms with Gasteiger partial charge in [0.15, 0.2) is 0 Å². The van der Waals surface area contributed by atoms with E-state index in [4.69, 9.17) is 0 Å². The summed E-state index contributed by atoms with van der Waals surface area (Å²) in [4.78, 5) is -0.190. The minimum Gasteiger partial charge on any atom is -0.207 e. The van der Waals surface area contributed by atoms with Gasteiger partial charge in [0.25, 0.3) is 0 Å². The third kappa shape index (κ3) is 2.86. The van der Waals surface area contributed by atoms with Gasteiger partial charge >= 0.3 is 0 Å². The van der Waals surface area contributed by atoms with Gasteiger partial charge in [-0.05, 0) is 43.2 Å². The second-order valence-corrected chi connectivity index (χ2v) is 8.30. The molecule has 21 heavy (non-hydrogen) atoms. The van der Waals surface area contributed by atoms with E-state index in [2.05, 4.69) is 0 Å². The van der Waals surface area contributed by atoms with Crippen molar-refractivity contribution in [2.75, 3.05) is 13.1 Å². The highest BCUT2D eigenvalue weighted by molar-refractivity contribution is 7.89. The molecule has 1 aliphatic carbocycles. The van der Waals surface area contributed by atoms with Crippen molar-refractivity contribution in [2.45, 2.75) is 49.8 Å². The van der Waals surface area contributed by atoms with Crippen LogP contribution in [-0.4, -0.2) is 25.8 Å². The van der Waals surface area contributed by atoms with E-state index in [1.165, 1.54) is 54.6 Å². The first-order valence-corrected chi connectivity index (χ1v) is 9.22. The highest BCUT2D eigenvalue weighted by atomic mass is 32.2. The van der Waals surface area contributed by atoms with Crippen molar-refractivity contribution in [1.29, 1.82) is 0 Å². The molecule has 0 N–H and O–H groups in total.